The Bertz CT molecular complexity index is 657. The van der Waals surface area contributed by atoms with Crippen LogP contribution >= 0.6 is 0 Å². The normalized spacial score (nSPS) is 14.6. The van der Waals surface area contributed by atoms with Gasteiger partial charge in [0.1, 0.15) is 5.69 Å². The highest BCUT2D eigenvalue weighted by Crippen LogP contribution is 2.16. The van der Waals surface area contributed by atoms with E-state index in [9.17, 15) is 10.0 Å². The van der Waals surface area contributed by atoms with Gasteiger partial charge in [-0.3, -0.25) is 15.0 Å². The lowest BCUT2D eigenvalue weighted by molar-refractivity contribution is -0.0652. The van der Waals surface area contributed by atoms with Gasteiger partial charge in [-0.25, -0.2) is 5.06 Å². The Morgan fingerprint density at radius 3 is 2.70 bits per heavy atom. The number of amides is 1. The fraction of sp³-hybridized carbons (Fsp3) is 0.294. The summed E-state index contributed by atoms with van der Waals surface area (Å²) < 4.78 is 0. The van der Waals surface area contributed by atoms with Crippen molar-refractivity contribution >= 4 is 11.6 Å². The summed E-state index contributed by atoms with van der Waals surface area (Å²) in [6, 6.07) is 13.0. The van der Waals surface area contributed by atoms with Gasteiger partial charge in [-0.2, -0.15) is 0 Å². The van der Waals surface area contributed by atoms with Crippen molar-refractivity contribution in [2.24, 2.45) is 0 Å². The minimum Gasteiger partial charge on any atom is -0.369 e. The number of pyridine rings is 1. The van der Waals surface area contributed by atoms with Crippen molar-refractivity contribution in [3.63, 3.8) is 0 Å². The van der Waals surface area contributed by atoms with Crippen LogP contribution in [0.5, 0.6) is 0 Å². The van der Waals surface area contributed by atoms with Crippen LogP contribution in [0.2, 0.25) is 0 Å². The average molecular weight is 312 g/mol. The SMILES string of the molecule is O=C(c1cc(N2CCNCC2)ccn1)N(O)Cc1ccccc1. The summed E-state index contributed by atoms with van der Waals surface area (Å²) in [6.45, 7) is 3.77. The third kappa shape index (κ3) is 3.85. The van der Waals surface area contributed by atoms with Crippen LogP contribution in [-0.4, -0.2) is 47.3 Å². The van der Waals surface area contributed by atoms with Crippen LogP contribution in [0.4, 0.5) is 5.69 Å². The first-order valence-corrected chi connectivity index (χ1v) is 7.70. The number of hydrogen-bond donors (Lipinski definition) is 2. The molecule has 1 aromatic carbocycles. The van der Waals surface area contributed by atoms with E-state index in [-0.39, 0.29) is 12.2 Å². The Kier molecular flexibility index (Phi) is 4.85. The predicted molar refractivity (Wildman–Crippen MR) is 87.4 cm³/mol. The van der Waals surface area contributed by atoms with E-state index < -0.39 is 5.91 Å². The molecule has 6 nitrogen and oxygen atoms in total. The number of benzene rings is 1. The molecule has 2 aromatic rings. The first-order valence-electron chi connectivity index (χ1n) is 7.70. The third-order valence-electron chi connectivity index (χ3n) is 3.85. The number of nitrogens with one attached hydrogen (secondary N) is 1. The van der Waals surface area contributed by atoms with Gasteiger partial charge in [-0.15, -0.1) is 0 Å². The van der Waals surface area contributed by atoms with Crippen molar-refractivity contribution in [2.45, 2.75) is 6.54 Å². The van der Waals surface area contributed by atoms with Crippen molar-refractivity contribution < 1.29 is 10.0 Å². The molecular weight excluding hydrogens is 292 g/mol. The Morgan fingerprint density at radius 1 is 1.22 bits per heavy atom. The highest BCUT2D eigenvalue weighted by atomic mass is 16.5. The van der Waals surface area contributed by atoms with Gasteiger partial charge in [-0.1, -0.05) is 30.3 Å². The van der Waals surface area contributed by atoms with E-state index in [2.05, 4.69) is 15.2 Å². The van der Waals surface area contributed by atoms with Crippen molar-refractivity contribution in [3.8, 4) is 0 Å². The van der Waals surface area contributed by atoms with Crippen molar-refractivity contribution in [3.05, 3.63) is 59.9 Å². The van der Waals surface area contributed by atoms with Gasteiger partial charge in [0, 0.05) is 38.1 Å². The zero-order chi connectivity index (χ0) is 16.1. The molecule has 0 aliphatic carbocycles. The number of hydroxylamine groups is 2. The molecule has 0 unspecified atom stereocenters. The maximum atomic E-state index is 12.4. The molecule has 6 heteroatoms. The second kappa shape index (κ2) is 7.21. The van der Waals surface area contributed by atoms with Crippen LogP contribution in [-0.2, 0) is 6.54 Å². The summed E-state index contributed by atoms with van der Waals surface area (Å²) in [4.78, 5) is 18.7. The molecule has 2 N–H and O–H groups in total. The molecule has 2 heterocycles. The molecule has 1 fully saturated rings. The number of aromatic nitrogens is 1. The molecule has 120 valence electrons. The lowest BCUT2D eigenvalue weighted by Gasteiger charge is -2.29. The molecule has 1 amide bonds. The summed E-state index contributed by atoms with van der Waals surface area (Å²) in [6.07, 6.45) is 1.61. The van der Waals surface area contributed by atoms with E-state index in [0.717, 1.165) is 37.4 Å². The first kappa shape index (κ1) is 15.5. The summed E-state index contributed by atoms with van der Waals surface area (Å²) in [5.74, 6) is -0.495. The molecule has 1 aliphatic heterocycles. The minimum absolute atomic E-state index is 0.138. The molecule has 0 radical (unpaired) electrons. The quantitative estimate of drug-likeness (QED) is 0.662. The fourth-order valence-electron chi connectivity index (χ4n) is 2.62. The van der Waals surface area contributed by atoms with E-state index in [1.807, 2.05) is 36.4 Å². The van der Waals surface area contributed by atoms with Crippen molar-refractivity contribution in [1.82, 2.24) is 15.4 Å². The van der Waals surface area contributed by atoms with E-state index in [1.165, 1.54) is 0 Å². The molecule has 1 aliphatic rings. The number of hydrogen-bond acceptors (Lipinski definition) is 5. The number of rotatable bonds is 4. The maximum Gasteiger partial charge on any atom is 0.296 e. The van der Waals surface area contributed by atoms with E-state index in [0.29, 0.717) is 5.06 Å². The zero-order valence-corrected chi connectivity index (χ0v) is 12.9. The largest absolute Gasteiger partial charge is 0.369 e. The fourth-order valence-corrected chi connectivity index (χ4v) is 2.62. The second-order valence-electron chi connectivity index (χ2n) is 5.48. The molecule has 0 saturated carbocycles. The van der Waals surface area contributed by atoms with Gasteiger partial charge in [0.15, 0.2) is 0 Å². The molecule has 1 aromatic heterocycles. The van der Waals surface area contributed by atoms with Crippen molar-refractivity contribution in [2.75, 3.05) is 31.1 Å². The number of carbonyl (C=O) groups excluding carboxylic acids is 1. The Hall–Kier alpha value is -2.44. The molecule has 0 bridgehead atoms. The maximum absolute atomic E-state index is 12.4. The monoisotopic (exact) mass is 312 g/mol. The van der Waals surface area contributed by atoms with Gasteiger partial charge in [0.2, 0.25) is 0 Å². The van der Waals surface area contributed by atoms with Gasteiger partial charge in [-0.05, 0) is 17.7 Å². The summed E-state index contributed by atoms with van der Waals surface area (Å²) >= 11 is 0. The molecule has 1 saturated heterocycles. The Labute approximate surface area is 135 Å². The van der Waals surface area contributed by atoms with Crippen LogP contribution < -0.4 is 10.2 Å². The summed E-state index contributed by atoms with van der Waals surface area (Å²) in [7, 11) is 0. The van der Waals surface area contributed by atoms with Crippen LogP contribution in [0.1, 0.15) is 16.1 Å². The number of anilines is 1. The van der Waals surface area contributed by atoms with Gasteiger partial charge >= 0.3 is 0 Å². The standard InChI is InChI=1S/C17H20N4O2/c22-17(21(23)13-14-4-2-1-3-5-14)16-12-15(6-7-19-16)20-10-8-18-9-11-20/h1-7,12,18,23H,8-11,13H2. The predicted octanol–water partition coefficient (Wildman–Crippen LogP) is 1.52. The molecule has 23 heavy (non-hydrogen) atoms. The van der Waals surface area contributed by atoms with Gasteiger partial charge < -0.3 is 10.2 Å². The molecule has 0 spiro atoms. The van der Waals surface area contributed by atoms with Crippen LogP contribution in [0, 0.1) is 0 Å². The second-order valence-corrected chi connectivity index (χ2v) is 5.48. The van der Waals surface area contributed by atoms with E-state index in [1.54, 1.807) is 12.3 Å². The van der Waals surface area contributed by atoms with Crippen LogP contribution in [0.25, 0.3) is 0 Å². The smallest absolute Gasteiger partial charge is 0.296 e. The molecule has 3 rings (SSSR count). The van der Waals surface area contributed by atoms with Gasteiger partial charge in [0.05, 0.1) is 6.54 Å². The number of piperazine rings is 1. The first-order chi connectivity index (χ1) is 11.2. The lowest BCUT2D eigenvalue weighted by Crippen LogP contribution is -2.43. The zero-order valence-electron chi connectivity index (χ0n) is 12.9. The van der Waals surface area contributed by atoms with Gasteiger partial charge in [0.25, 0.3) is 5.91 Å². The Balaban J connectivity index is 1.71. The van der Waals surface area contributed by atoms with Crippen molar-refractivity contribution in [1.29, 1.82) is 0 Å². The minimum atomic E-state index is -0.495. The average Bonchev–Trinajstić information content (AvgIpc) is 2.63. The topological polar surface area (TPSA) is 68.7 Å². The molecular formula is C17H20N4O2. The number of carbonyl (C=O) groups is 1. The van der Waals surface area contributed by atoms with E-state index >= 15 is 0 Å². The molecule has 0 atom stereocenters. The van der Waals surface area contributed by atoms with Crippen LogP contribution in [0.15, 0.2) is 48.7 Å². The highest BCUT2D eigenvalue weighted by molar-refractivity contribution is 5.92. The highest BCUT2D eigenvalue weighted by Gasteiger charge is 2.18. The third-order valence-corrected chi connectivity index (χ3v) is 3.85. The summed E-state index contributed by atoms with van der Waals surface area (Å²) in [5.41, 5.74) is 2.07. The number of nitrogens with zero attached hydrogens (tertiary/aromatic N) is 3. The lowest BCUT2D eigenvalue weighted by atomic mass is 10.2. The van der Waals surface area contributed by atoms with E-state index in [4.69, 9.17) is 0 Å². The summed E-state index contributed by atoms with van der Waals surface area (Å²) in [5, 5.41) is 14.0. The Morgan fingerprint density at radius 2 is 1.96 bits per heavy atom. The van der Waals surface area contributed by atoms with Crippen LogP contribution in [0.3, 0.4) is 0 Å².